The first kappa shape index (κ1) is 14.8. The van der Waals surface area contributed by atoms with Crippen molar-refractivity contribution >= 4 is 15.8 Å². The van der Waals surface area contributed by atoms with E-state index < -0.39 is 26.0 Å². The number of fused-ring (bicyclic) bond motifs is 2. The third-order valence-electron chi connectivity index (χ3n) is 4.49. The summed E-state index contributed by atoms with van der Waals surface area (Å²) in [6.45, 7) is 4.94. The largest absolute Gasteiger partial charge is 0.481 e. The van der Waals surface area contributed by atoms with Crippen molar-refractivity contribution in [3.63, 3.8) is 0 Å². The second-order valence-corrected chi connectivity index (χ2v) is 9.53. The Morgan fingerprint density at radius 1 is 1.37 bits per heavy atom. The molecule has 2 bridgehead atoms. The number of carboxylic acids is 1. The minimum atomic E-state index is -3.29. The van der Waals surface area contributed by atoms with E-state index in [-0.39, 0.29) is 24.4 Å². The number of ether oxygens (including phenoxy) is 1. The Hall–Kier alpha value is -0.620. The fourth-order valence-electron chi connectivity index (χ4n) is 3.02. The van der Waals surface area contributed by atoms with E-state index in [1.54, 1.807) is 20.8 Å². The topological polar surface area (TPSA) is 80.7 Å². The molecule has 0 saturated carbocycles. The molecule has 2 saturated heterocycles. The zero-order chi connectivity index (χ0) is 14.5. The normalized spacial score (nSPS) is 34.7. The van der Waals surface area contributed by atoms with Crippen LogP contribution >= 0.6 is 0 Å². The predicted octanol–water partition coefficient (Wildman–Crippen LogP) is 1.61. The smallest absolute Gasteiger partial charge is 0.312 e. The minimum Gasteiger partial charge on any atom is -0.481 e. The SMILES string of the molecule is CC(C)(C)S(=O)(=O)CCC1(C(=O)O)CC2CCC1O2. The highest BCUT2D eigenvalue weighted by atomic mass is 32.2. The van der Waals surface area contributed by atoms with Crippen molar-refractivity contribution in [2.75, 3.05) is 5.75 Å². The van der Waals surface area contributed by atoms with Crippen LogP contribution in [0, 0.1) is 5.41 Å². The lowest BCUT2D eigenvalue weighted by Crippen LogP contribution is -2.43. The van der Waals surface area contributed by atoms with Crippen LogP contribution in [0.25, 0.3) is 0 Å². The fraction of sp³-hybridized carbons (Fsp3) is 0.923. The van der Waals surface area contributed by atoms with Gasteiger partial charge in [0.25, 0.3) is 0 Å². The molecule has 6 heteroatoms. The van der Waals surface area contributed by atoms with Crippen LogP contribution in [0.2, 0.25) is 0 Å². The Morgan fingerprint density at radius 2 is 2.00 bits per heavy atom. The third-order valence-corrected chi connectivity index (χ3v) is 7.10. The highest BCUT2D eigenvalue weighted by Gasteiger charge is 2.57. The molecule has 2 aliphatic heterocycles. The molecule has 5 nitrogen and oxygen atoms in total. The maximum atomic E-state index is 12.1. The molecular weight excluding hydrogens is 268 g/mol. The van der Waals surface area contributed by atoms with E-state index in [2.05, 4.69) is 0 Å². The van der Waals surface area contributed by atoms with Crippen LogP contribution in [0.5, 0.6) is 0 Å². The van der Waals surface area contributed by atoms with E-state index in [0.29, 0.717) is 6.42 Å². The molecule has 0 aromatic heterocycles. The molecule has 0 amide bonds. The van der Waals surface area contributed by atoms with Gasteiger partial charge in [0.15, 0.2) is 9.84 Å². The molecule has 1 N–H and O–H groups in total. The fourth-order valence-corrected chi connectivity index (χ4v) is 4.26. The van der Waals surface area contributed by atoms with Crippen molar-refractivity contribution in [1.29, 1.82) is 0 Å². The molecule has 2 fully saturated rings. The van der Waals surface area contributed by atoms with E-state index in [9.17, 15) is 18.3 Å². The number of carbonyl (C=O) groups is 1. The van der Waals surface area contributed by atoms with E-state index in [1.807, 2.05) is 0 Å². The number of carboxylic acid groups (broad SMARTS) is 1. The Labute approximate surface area is 114 Å². The van der Waals surface area contributed by atoms with Crippen molar-refractivity contribution in [2.45, 2.75) is 63.4 Å². The van der Waals surface area contributed by atoms with Crippen LogP contribution in [0.3, 0.4) is 0 Å². The highest BCUT2D eigenvalue weighted by molar-refractivity contribution is 7.92. The van der Waals surface area contributed by atoms with Gasteiger partial charge in [0.05, 0.1) is 28.1 Å². The van der Waals surface area contributed by atoms with E-state index in [4.69, 9.17) is 4.74 Å². The Bertz CT molecular complexity index is 476. The van der Waals surface area contributed by atoms with Gasteiger partial charge < -0.3 is 9.84 Å². The second-order valence-electron chi connectivity index (χ2n) is 6.67. The van der Waals surface area contributed by atoms with E-state index in [1.165, 1.54) is 0 Å². The molecule has 0 spiro atoms. The summed E-state index contributed by atoms with van der Waals surface area (Å²) in [6.07, 6.45) is 1.91. The molecule has 0 aliphatic carbocycles. The lowest BCUT2D eigenvalue weighted by molar-refractivity contribution is -0.152. The molecule has 2 aliphatic rings. The third kappa shape index (κ3) is 2.40. The minimum absolute atomic E-state index is 0.00144. The van der Waals surface area contributed by atoms with Gasteiger partial charge in [0.2, 0.25) is 0 Å². The Kier molecular flexibility index (Phi) is 3.46. The molecular formula is C13H22O5S. The molecule has 3 atom stereocenters. The van der Waals surface area contributed by atoms with Crippen LogP contribution in [-0.4, -0.2) is 42.2 Å². The number of hydrogen-bond donors (Lipinski definition) is 1. The second kappa shape index (κ2) is 4.45. The maximum Gasteiger partial charge on any atom is 0.312 e. The van der Waals surface area contributed by atoms with E-state index >= 15 is 0 Å². The zero-order valence-electron chi connectivity index (χ0n) is 11.7. The van der Waals surface area contributed by atoms with Crippen molar-refractivity contribution in [2.24, 2.45) is 5.41 Å². The first-order chi connectivity index (χ1) is 8.58. The molecule has 110 valence electrons. The number of rotatable bonds is 4. The molecule has 2 rings (SSSR count). The summed E-state index contributed by atoms with van der Waals surface area (Å²) in [5.41, 5.74) is -0.999. The highest BCUT2D eigenvalue weighted by Crippen LogP contribution is 2.50. The molecule has 3 unspecified atom stereocenters. The average molecular weight is 290 g/mol. The summed E-state index contributed by atoms with van der Waals surface area (Å²) in [7, 11) is -3.29. The quantitative estimate of drug-likeness (QED) is 0.850. The summed E-state index contributed by atoms with van der Waals surface area (Å²) in [5, 5.41) is 9.51. The van der Waals surface area contributed by atoms with Gasteiger partial charge in [-0.25, -0.2) is 8.42 Å². The maximum absolute atomic E-state index is 12.1. The summed E-state index contributed by atoms with van der Waals surface area (Å²) in [5.74, 6) is -1.00. The summed E-state index contributed by atoms with van der Waals surface area (Å²) >= 11 is 0. The summed E-state index contributed by atoms with van der Waals surface area (Å²) in [4.78, 5) is 11.6. The molecule has 0 aromatic rings. The van der Waals surface area contributed by atoms with Crippen LogP contribution in [0.1, 0.15) is 46.5 Å². The average Bonchev–Trinajstić information content (AvgIpc) is 2.85. The molecule has 0 radical (unpaired) electrons. The van der Waals surface area contributed by atoms with Crippen LogP contribution < -0.4 is 0 Å². The van der Waals surface area contributed by atoms with Gasteiger partial charge in [-0.1, -0.05) is 0 Å². The van der Waals surface area contributed by atoms with Gasteiger partial charge in [-0.3, -0.25) is 4.79 Å². The predicted molar refractivity (Wildman–Crippen MR) is 70.7 cm³/mol. The number of hydrogen-bond acceptors (Lipinski definition) is 4. The Balaban J connectivity index is 2.15. The van der Waals surface area contributed by atoms with Gasteiger partial charge in [-0.15, -0.1) is 0 Å². The van der Waals surface area contributed by atoms with Gasteiger partial charge >= 0.3 is 5.97 Å². The van der Waals surface area contributed by atoms with Crippen molar-refractivity contribution in [1.82, 2.24) is 0 Å². The first-order valence-electron chi connectivity index (χ1n) is 6.70. The molecule has 2 heterocycles. The lowest BCUT2D eigenvalue weighted by atomic mass is 9.72. The van der Waals surface area contributed by atoms with Gasteiger partial charge in [-0.05, 0) is 46.5 Å². The van der Waals surface area contributed by atoms with Crippen molar-refractivity contribution in [3.05, 3.63) is 0 Å². The first-order valence-corrected chi connectivity index (χ1v) is 8.35. The van der Waals surface area contributed by atoms with Crippen LogP contribution in [-0.2, 0) is 19.4 Å². The van der Waals surface area contributed by atoms with Crippen molar-refractivity contribution in [3.8, 4) is 0 Å². The summed E-state index contributed by atoms with van der Waals surface area (Å²) in [6, 6.07) is 0. The van der Waals surface area contributed by atoms with Crippen molar-refractivity contribution < 1.29 is 23.1 Å². The molecule has 0 aromatic carbocycles. The lowest BCUT2D eigenvalue weighted by Gasteiger charge is -2.32. The van der Waals surface area contributed by atoms with E-state index in [0.717, 1.165) is 12.8 Å². The van der Waals surface area contributed by atoms with Crippen LogP contribution in [0.15, 0.2) is 0 Å². The van der Waals surface area contributed by atoms with Gasteiger partial charge in [0, 0.05) is 0 Å². The zero-order valence-corrected chi connectivity index (χ0v) is 12.5. The standard InChI is InChI=1S/C13H22O5S/c1-12(2,3)19(16,17)7-6-13(11(14)15)8-9-4-5-10(13)18-9/h9-10H,4-8H2,1-3H3,(H,14,15). The number of sulfone groups is 1. The Morgan fingerprint density at radius 3 is 2.37 bits per heavy atom. The monoisotopic (exact) mass is 290 g/mol. The molecule has 19 heavy (non-hydrogen) atoms. The number of aliphatic carboxylic acids is 1. The summed E-state index contributed by atoms with van der Waals surface area (Å²) < 4.78 is 29.1. The van der Waals surface area contributed by atoms with Gasteiger partial charge in [-0.2, -0.15) is 0 Å². The van der Waals surface area contributed by atoms with Gasteiger partial charge in [0.1, 0.15) is 0 Å². The van der Waals surface area contributed by atoms with Crippen LogP contribution in [0.4, 0.5) is 0 Å².